The summed E-state index contributed by atoms with van der Waals surface area (Å²) in [7, 11) is -1.54. The lowest BCUT2D eigenvalue weighted by Gasteiger charge is -2.14. The van der Waals surface area contributed by atoms with E-state index in [-0.39, 0.29) is 35.0 Å². The van der Waals surface area contributed by atoms with Gasteiger partial charge in [0, 0.05) is 29.5 Å². The van der Waals surface area contributed by atoms with Crippen molar-refractivity contribution in [1.82, 2.24) is 24.9 Å². The summed E-state index contributed by atoms with van der Waals surface area (Å²) < 4.78 is 56.9. The van der Waals surface area contributed by atoms with E-state index in [0.29, 0.717) is 22.3 Å². The third-order valence-corrected chi connectivity index (χ3v) is 6.21. The van der Waals surface area contributed by atoms with Gasteiger partial charge in [-0.2, -0.15) is 9.97 Å². The fourth-order valence-electron chi connectivity index (χ4n) is 3.39. The molecule has 0 aliphatic carbocycles. The SMILES string of the molecule is COc1nc(NS(=O)(=O)c2c[nH]c3c(-c4ncccn4)c(C)ccc23)nc(OC)c1OCCF. The van der Waals surface area contributed by atoms with Gasteiger partial charge in [-0.1, -0.05) is 12.1 Å². The fraction of sp³-hybridized carbons (Fsp3) is 0.238. The van der Waals surface area contributed by atoms with Gasteiger partial charge in [-0.15, -0.1) is 0 Å². The quantitative estimate of drug-likeness (QED) is 0.364. The average Bonchev–Trinajstić information content (AvgIpc) is 3.28. The highest BCUT2D eigenvalue weighted by molar-refractivity contribution is 7.93. The molecule has 0 fully saturated rings. The normalized spacial score (nSPS) is 11.4. The van der Waals surface area contributed by atoms with E-state index in [0.717, 1.165) is 5.56 Å². The maximum Gasteiger partial charge on any atom is 0.266 e. The summed E-state index contributed by atoms with van der Waals surface area (Å²) in [4.78, 5) is 19.6. The molecule has 3 heterocycles. The molecular weight excluding hydrogens is 467 g/mol. The first-order chi connectivity index (χ1) is 16.4. The zero-order chi connectivity index (χ0) is 24.3. The number of H-pyrrole nitrogens is 1. The lowest BCUT2D eigenvalue weighted by Crippen LogP contribution is -2.16. The van der Waals surface area contributed by atoms with Crippen LogP contribution < -0.4 is 18.9 Å². The van der Waals surface area contributed by atoms with Crippen LogP contribution in [0.4, 0.5) is 10.3 Å². The Bertz CT molecular complexity index is 1400. The van der Waals surface area contributed by atoms with Gasteiger partial charge < -0.3 is 19.2 Å². The molecule has 11 nitrogen and oxygen atoms in total. The van der Waals surface area contributed by atoms with E-state index in [1.165, 1.54) is 20.4 Å². The molecule has 0 radical (unpaired) electrons. The second kappa shape index (κ2) is 9.47. The smallest absolute Gasteiger partial charge is 0.266 e. The van der Waals surface area contributed by atoms with Gasteiger partial charge in [0.15, 0.2) is 5.82 Å². The van der Waals surface area contributed by atoms with Gasteiger partial charge in [-0.05, 0) is 18.6 Å². The Morgan fingerprint density at radius 1 is 1.09 bits per heavy atom. The highest BCUT2D eigenvalue weighted by Gasteiger charge is 2.25. The minimum Gasteiger partial charge on any atom is -0.481 e. The first-order valence-corrected chi connectivity index (χ1v) is 11.5. The number of alkyl halides is 1. The van der Waals surface area contributed by atoms with Gasteiger partial charge in [0.05, 0.1) is 19.7 Å². The van der Waals surface area contributed by atoms with Crippen LogP contribution in [-0.4, -0.2) is 60.8 Å². The van der Waals surface area contributed by atoms with Crippen molar-refractivity contribution in [3.8, 4) is 28.9 Å². The van der Waals surface area contributed by atoms with Crippen molar-refractivity contribution in [2.45, 2.75) is 11.8 Å². The van der Waals surface area contributed by atoms with Crippen molar-refractivity contribution in [1.29, 1.82) is 0 Å². The number of halogens is 1. The van der Waals surface area contributed by atoms with E-state index in [4.69, 9.17) is 14.2 Å². The zero-order valence-electron chi connectivity index (χ0n) is 18.5. The van der Waals surface area contributed by atoms with E-state index in [1.807, 2.05) is 6.92 Å². The number of hydrogen-bond acceptors (Lipinski definition) is 9. The molecule has 1 aromatic carbocycles. The summed E-state index contributed by atoms with van der Waals surface area (Å²) in [5, 5.41) is 0.433. The number of ether oxygens (including phenoxy) is 3. The number of rotatable bonds is 9. The Hall–Kier alpha value is -4.00. The number of aromatic amines is 1. The van der Waals surface area contributed by atoms with Crippen molar-refractivity contribution in [2.75, 3.05) is 32.2 Å². The molecule has 0 saturated heterocycles. The summed E-state index contributed by atoms with van der Waals surface area (Å²) in [6.07, 6.45) is 4.59. The molecule has 4 aromatic rings. The summed E-state index contributed by atoms with van der Waals surface area (Å²) in [6, 6.07) is 5.18. The predicted octanol–water partition coefficient (Wildman–Crippen LogP) is 2.89. The summed E-state index contributed by atoms with van der Waals surface area (Å²) in [5.74, 6) is -0.117. The second-order valence-electron chi connectivity index (χ2n) is 6.94. The van der Waals surface area contributed by atoms with Crippen molar-refractivity contribution in [2.24, 2.45) is 0 Å². The Kier molecular flexibility index (Phi) is 6.45. The van der Waals surface area contributed by atoms with E-state index in [9.17, 15) is 12.8 Å². The Labute approximate surface area is 194 Å². The minimum absolute atomic E-state index is 0.0287. The molecule has 0 aliphatic rings. The number of nitrogens with zero attached hydrogens (tertiary/aromatic N) is 4. The van der Waals surface area contributed by atoms with Gasteiger partial charge in [0.25, 0.3) is 21.8 Å². The highest BCUT2D eigenvalue weighted by atomic mass is 32.2. The third-order valence-electron chi connectivity index (χ3n) is 4.84. The molecule has 0 unspecified atom stereocenters. The summed E-state index contributed by atoms with van der Waals surface area (Å²) >= 11 is 0. The van der Waals surface area contributed by atoms with Gasteiger partial charge in [0.2, 0.25) is 11.7 Å². The van der Waals surface area contributed by atoms with Crippen LogP contribution in [0.3, 0.4) is 0 Å². The van der Waals surface area contributed by atoms with E-state index >= 15 is 0 Å². The van der Waals surface area contributed by atoms with E-state index in [1.54, 1.807) is 30.6 Å². The number of aryl methyl sites for hydroxylation is 1. The molecule has 34 heavy (non-hydrogen) atoms. The van der Waals surface area contributed by atoms with E-state index < -0.39 is 16.7 Å². The predicted molar refractivity (Wildman–Crippen MR) is 121 cm³/mol. The minimum atomic E-state index is -4.15. The van der Waals surface area contributed by atoms with Crippen molar-refractivity contribution < 1.29 is 27.0 Å². The molecule has 0 amide bonds. The third kappa shape index (κ3) is 4.29. The van der Waals surface area contributed by atoms with Crippen LogP contribution in [0.2, 0.25) is 0 Å². The van der Waals surface area contributed by atoms with Gasteiger partial charge in [0.1, 0.15) is 18.2 Å². The Balaban J connectivity index is 1.76. The molecule has 0 atom stereocenters. The van der Waals surface area contributed by atoms with Crippen LogP contribution >= 0.6 is 0 Å². The van der Waals surface area contributed by atoms with Gasteiger partial charge in [-0.3, -0.25) is 0 Å². The maximum absolute atomic E-state index is 13.3. The van der Waals surface area contributed by atoms with Crippen LogP contribution in [-0.2, 0) is 10.0 Å². The van der Waals surface area contributed by atoms with Crippen molar-refractivity contribution >= 4 is 26.9 Å². The number of nitrogens with one attached hydrogen (secondary N) is 2. The molecule has 178 valence electrons. The lowest BCUT2D eigenvalue weighted by molar-refractivity contribution is 0.240. The van der Waals surface area contributed by atoms with Gasteiger partial charge in [-0.25, -0.2) is 27.5 Å². The summed E-state index contributed by atoms with van der Waals surface area (Å²) in [5.41, 5.74) is 2.13. The first-order valence-electron chi connectivity index (χ1n) is 9.99. The van der Waals surface area contributed by atoms with E-state index in [2.05, 4.69) is 29.6 Å². The molecular formula is C21H21FN6O5S. The monoisotopic (exact) mass is 488 g/mol. The number of hydrogen-bond donors (Lipinski definition) is 2. The topological polar surface area (TPSA) is 141 Å². The Morgan fingerprint density at radius 2 is 1.76 bits per heavy atom. The molecule has 3 aromatic heterocycles. The number of benzene rings is 1. The largest absolute Gasteiger partial charge is 0.481 e. The number of anilines is 1. The van der Waals surface area contributed by atoms with Crippen LogP contribution in [0.1, 0.15) is 5.56 Å². The molecule has 0 bridgehead atoms. The summed E-state index contributed by atoms with van der Waals surface area (Å²) in [6.45, 7) is 0.859. The molecule has 4 rings (SSSR count). The standard InChI is InChI=1S/C21H21FN6O5S/c1-12-5-6-13-14(11-25-16(13)15(12)18-23-8-4-9-24-18)34(29,30)28-21-26-19(31-2)17(33-10-7-22)20(27-21)32-3/h4-6,8-9,11,25H,7,10H2,1-3H3,(H,26,27,28). The van der Waals surface area contributed by atoms with Crippen LogP contribution in [0, 0.1) is 6.92 Å². The molecule has 0 spiro atoms. The van der Waals surface area contributed by atoms with Crippen molar-refractivity contribution in [3.63, 3.8) is 0 Å². The second-order valence-corrected chi connectivity index (χ2v) is 8.59. The maximum atomic E-state index is 13.3. The number of sulfonamides is 1. The average molecular weight is 489 g/mol. The zero-order valence-corrected chi connectivity index (χ0v) is 19.3. The lowest BCUT2D eigenvalue weighted by atomic mass is 10.0. The Morgan fingerprint density at radius 3 is 2.38 bits per heavy atom. The molecule has 0 saturated carbocycles. The van der Waals surface area contributed by atoms with Crippen LogP contribution in [0.25, 0.3) is 22.3 Å². The number of methoxy groups -OCH3 is 2. The fourth-order valence-corrected chi connectivity index (χ4v) is 4.50. The van der Waals surface area contributed by atoms with Gasteiger partial charge >= 0.3 is 0 Å². The van der Waals surface area contributed by atoms with Crippen molar-refractivity contribution in [3.05, 3.63) is 42.4 Å². The number of fused-ring (bicyclic) bond motifs is 1. The number of aromatic nitrogens is 5. The van der Waals surface area contributed by atoms with Crippen LogP contribution in [0.15, 0.2) is 41.7 Å². The first kappa shape index (κ1) is 23.2. The molecule has 0 aliphatic heterocycles. The van der Waals surface area contributed by atoms with Crippen LogP contribution in [0.5, 0.6) is 17.5 Å². The molecule has 13 heteroatoms. The molecule has 2 N–H and O–H groups in total. The highest BCUT2D eigenvalue weighted by Crippen LogP contribution is 2.36.